The molecule has 3 aromatic rings. The Morgan fingerprint density at radius 3 is 3.10 bits per heavy atom. The third-order valence-corrected chi connectivity index (χ3v) is 3.21. The van der Waals surface area contributed by atoms with Crippen molar-refractivity contribution in [1.82, 2.24) is 19.6 Å². The van der Waals surface area contributed by atoms with Crippen molar-refractivity contribution in [2.24, 2.45) is 0 Å². The lowest BCUT2D eigenvalue weighted by atomic mass is 10.2. The highest BCUT2D eigenvalue weighted by Crippen LogP contribution is 2.38. The van der Waals surface area contributed by atoms with Crippen LogP contribution in [0.15, 0.2) is 30.6 Å². The third kappa shape index (κ3) is 2.03. The number of hydrogen-bond acceptors (Lipinski definition) is 6. The van der Waals surface area contributed by atoms with Gasteiger partial charge in [0.1, 0.15) is 25.4 Å². The van der Waals surface area contributed by atoms with Gasteiger partial charge >= 0.3 is 0 Å². The Labute approximate surface area is 120 Å². The summed E-state index contributed by atoms with van der Waals surface area (Å²) in [6, 6.07) is 7.65. The quantitative estimate of drug-likeness (QED) is 0.775. The average molecular weight is 283 g/mol. The zero-order valence-electron chi connectivity index (χ0n) is 11.4. The Hall–Kier alpha value is -2.83. The number of para-hydroxylation sites is 1. The van der Waals surface area contributed by atoms with Crippen LogP contribution in [0.4, 0.5) is 11.5 Å². The van der Waals surface area contributed by atoms with Gasteiger partial charge in [-0.25, -0.2) is 4.98 Å². The van der Waals surface area contributed by atoms with Crippen LogP contribution in [-0.2, 0) is 0 Å². The van der Waals surface area contributed by atoms with Crippen molar-refractivity contribution in [2.45, 2.75) is 6.92 Å². The normalized spacial score (nSPS) is 13.4. The number of aryl methyl sites for hydroxylation is 1. The highest BCUT2D eigenvalue weighted by Gasteiger charge is 2.16. The summed E-state index contributed by atoms with van der Waals surface area (Å²) < 4.78 is 12.9. The molecule has 0 aliphatic carbocycles. The average Bonchev–Trinajstić information content (AvgIpc) is 2.96. The number of rotatable bonds is 2. The predicted molar refractivity (Wildman–Crippen MR) is 76.2 cm³/mol. The molecule has 1 aliphatic heterocycles. The Balaban J connectivity index is 1.80. The molecule has 106 valence electrons. The van der Waals surface area contributed by atoms with Crippen molar-refractivity contribution in [1.29, 1.82) is 0 Å². The van der Waals surface area contributed by atoms with E-state index in [0.29, 0.717) is 24.7 Å². The summed E-state index contributed by atoms with van der Waals surface area (Å²) in [6.07, 6.45) is 1.48. The number of nitrogens with one attached hydrogen (secondary N) is 1. The summed E-state index contributed by atoms with van der Waals surface area (Å²) in [6.45, 7) is 3.03. The Morgan fingerprint density at radius 1 is 1.24 bits per heavy atom. The minimum atomic E-state index is 0.541. The van der Waals surface area contributed by atoms with Crippen LogP contribution in [0.3, 0.4) is 0 Å². The zero-order valence-corrected chi connectivity index (χ0v) is 11.4. The van der Waals surface area contributed by atoms with Gasteiger partial charge in [-0.15, -0.1) is 0 Å². The molecule has 0 unspecified atom stereocenters. The molecule has 0 bridgehead atoms. The smallest absolute Gasteiger partial charge is 0.254 e. The maximum atomic E-state index is 5.70. The van der Waals surface area contributed by atoms with E-state index in [0.717, 1.165) is 22.9 Å². The summed E-state index contributed by atoms with van der Waals surface area (Å²) >= 11 is 0. The van der Waals surface area contributed by atoms with Gasteiger partial charge in [0.05, 0.1) is 5.69 Å². The monoisotopic (exact) mass is 283 g/mol. The standard InChI is InChI=1S/C14H13N5O2/c1-9-7-12(19-14(17-9)15-8-16-19)18-10-3-2-4-11-13(10)21-6-5-20-11/h2-4,7-8,18H,5-6H2,1H3. The van der Waals surface area contributed by atoms with Gasteiger partial charge in [-0.2, -0.15) is 14.6 Å². The lowest BCUT2D eigenvalue weighted by molar-refractivity contribution is 0.172. The fourth-order valence-electron chi connectivity index (χ4n) is 2.33. The minimum absolute atomic E-state index is 0.541. The first-order valence-corrected chi connectivity index (χ1v) is 6.64. The summed E-state index contributed by atoms with van der Waals surface area (Å²) in [4.78, 5) is 8.43. The molecule has 21 heavy (non-hydrogen) atoms. The number of hydrogen-bond donors (Lipinski definition) is 1. The highest BCUT2D eigenvalue weighted by atomic mass is 16.6. The largest absolute Gasteiger partial charge is 0.486 e. The predicted octanol–water partition coefficient (Wildman–Crippen LogP) is 1.95. The van der Waals surface area contributed by atoms with E-state index < -0.39 is 0 Å². The second-order valence-electron chi connectivity index (χ2n) is 4.71. The van der Waals surface area contributed by atoms with Crippen LogP contribution in [0, 0.1) is 6.92 Å². The van der Waals surface area contributed by atoms with Crippen LogP contribution in [0.5, 0.6) is 11.5 Å². The second kappa shape index (κ2) is 4.62. The molecule has 7 nitrogen and oxygen atoms in total. The van der Waals surface area contributed by atoms with Crippen molar-refractivity contribution < 1.29 is 9.47 Å². The van der Waals surface area contributed by atoms with E-state index in [1.165, 1.54) is 6.33 Å². The minimum Gasteiger partial charge on any atom is -0.486 e. The third-order valence-electron chi connectivity index (χ3n) is 3.21. The molecule has 0 saturated carbocycles. The second-order valence-corrected chi connectivity index (χ2v) is 4.71. The summed E-state index contributed by atoms with van der Waals surface area (Å²) in [5.41, 5.74) is 1.69. The van der Waals surface area contributed by atoms with Gasteiger partial charge in [0.15, 0.2) is 11.5 Å². The van der Waals surface area contributed by atoms with Gasteiger partial charge in [-0.05, 0) is 19.1 Å². The molecule has 1 aromatic carbocycles. The molecule has 0 radical (unpaired) electrons. The lowest BCUT2D eigenvalue weighted by Crippen LogP contribution is -2.16. The first-order valence-electron chi connectivity index (χ1n) is 6.64. The first-order chi connectivity index (χ1) is 10.3. The maximum absolute atomic E-state index is 5.70. The molecule has 3 heterocycles. The number of benzene rings is 1. The topological polar surface area (TPSA) is 73.6 Å². The lowest BCUT2D eigenvalue weighted by Gasteiger charge is -2.21. The van der Waals surface area contributed by atoms with Gasteiger partial charge in [0.25, 0.3) is 5.78 Å². The number of fused-ring (bicyclic) bond motifs is 2. The summed E-state index contributed by atoms with van der Waals surface area (Å²) in [5.74, 6) is 2.79. The van der Waals surface area contributed by atoms with Crippen LogP contribution >= 0.6 is 0 Å². The van der Waals surface area contributed by atoms with Crippen LogP contribution < -0.4 is 14.8 Å². The van der Waals surface area contributed by atoms with Gasteiger partial charge in [0, 0.05) is 11.8 Å². The molecule has 4 rings (SSSR count). The molecular formula is C14H13N5O2. The molecule has 0 amide bonds. The van der Waals surface area contributed by atoms with Crippen LogP contribution in [-0.4, -0.2) is 32.8 Å². The number of anilines is 2. The fourth-order valence-corrected chi connectivity index (χ4v) is 2.33. The van der Waals surface area contributed by atoms with E-state index in [9.17, 15) is 0 Å². The molecule has 2 aromatic heterocycles. The van der Waals surface area contributed by atoms with Gasteiger partial charge < -0.3 is 14.8 Å². The first kappa shape index (κ1) is 12.0. The van der Waals surface area contributed by atoms with Crippen LogP contribution in [0.2, 0.25) is 0 Å². The molecule has 0 atom stereocenters. The van der Waals surface area contributed by atoms with E-state index in [1.54, 1.807) is 4.52 Å². The Bertz CT molecular complexity index is 814. The van der Waals surface area contributed by atoms with Crippen molar-refractivity contribution in [2.75, 3.05) is 18.5 Å². The SMILES string of the molecule is Cc1cc(Nc2cccc3c2OCCO3)n2ncnc2n1. The molecule has 7 heteroatoms. The van der Waals surface area contributed by atoms with Gasteiger partial charge in [-0.1, -0.05) is 6.07 Å². The van der Waals surface area contributed by atoms with Crippen molar-refractivity contribution in [3.05, 3.63) is 36.3 Å². The number of aromatic nitrogens is 4. The zero-order chi connectivity index (χ0) is 14.2. The summed E-state index contributed by atoms with van der Waals surface area (Å²) in [5, 5.41) is 7.49. The van der Waals surface area contributed by atoms with Gasteiger partial charge in [0.2, 0.25) is 0 Å². The Kier molecular flexibility index (Phi) is 2.63. The molecule has 0 saturated heterocycles. The summed E-state index contributed by atoms with van der Waals surface area (Å²) in [7, 11) is 0. The van der Waals surface area contributed by atoms with E-state index in [-0.39, 0.29) is 0 Å². The van der Waals surface area contributed by atoms with Crippen LogP contribution in [0.1, 0.15) is 5.69 Å². The number of nitrogens with zero attached hydrogens (tertiary/aromatic N) is 4. The molecule has 0 spiro atoms. The van der Waals surface area contributed by atoms with E-state index in [4.69, 9.17) is 9.47 Å². The fraction of sp³-hybridized carbons (Fsp3) is 0.214. The van der Waals surface area contributed by atoms with Crippen molar-refractivity contribution in [3.63, 3.8) is 0 Å². The maximum Gasteiger partial charge on any atom is 0.254 e. The van der Waals surface area contributed by atoms with E-state index >= 15 is 0 Å². The Morgan fingerprint density at radius 2 is 2.14 bits per heavy atom. The van der Waals surface area contributed by atoms with Crippen LogP contribution in [0.25, 0.3) is 5.78 Å². The molecular weight excluding hydrogens is 270 g/mol. The molecule has 0 fully saturated rings. The molecule has 1 aliphatic rings. The van der Waals surface area contributed by atoms with Crippen molar-refractivity contribution >= 4 is 17.3 Å². The van der Waals surface area contributed by atoms with Crippen molar-refractivity contribution in [3.8, 4) is 11.5 Å². The molecule has 1 N–H and O–H groups in total. The van der Waals surface area contributed by atoms with E-state index in [1.807, 2.05) is 31.2 Å². The van der Waals surface area contributed by atoms with E-state index in [2.05, 4.69) is 20.4 Å². The van der Waals surface area contributed by atoms with Gasteiger partial charge in [-0.3, -0.25) is 0 Å². The highest BCUT2D eigenvalue weighted by molar-refractivity contribution is 5.69. The number of ether oxygens (including phenoxy) is 2.